The summed E-state index contributed by atoms with van der Waals surface area (Å²) in [4.78, 5) is 11.3. The lowest BCUT2D eigenvalue weighted by Crippen LogP contribution is -2.18. The summed E-state index contributed by atoms with van der Waals surface area (Å²) in [6, 6.07) is 16.0. The first-order valence-corrected chi connectivity index (χ1v) is 7.28. The lowest BCUT2D eigenvalue weighted by Gasteiger charge is -2.24. The zero-order valence-electron chi connectivity index (χ0n) is 12.7. The third-order valence-corrected chi connectivity index (χ3v) is 3.81. The van der Waals surface area contributed by atoms with Crippen LogP contribution in [0.1, 0.15) is 29.2 Å². The Morgan fingerprint density at radius 2 is 1.77 bits per heavy atom. The van der Waals surface area contributed by atoms with Gasteiger partial charge in [0.05, 0.1) is 11.7 Å². The summed E-state index contributed by atoms with van der Waals surface area (Å²) in [5, 5.41) is 15.5. The van der Waals surface area contributed by atoms with Crippen LogP contribution in [0.2, 0.25) is 0 Å². The van der Waals surface area contributed by atoms with Gasteiger partial charge in [-0.25, -0.2) is 4.79 Å². The summed E-state index contributed by atoms with van der Waals surface area (Å²) in [5.41, 5.74) is 4.49. The molecule has 0 bridgehead atoms. The van der Waals surface area contributed by atoms with Crippen LogP contribution in [0.15, 0.2) is 53.6 Å². The van der Waals surface area contributed by atoms with Gasteiger partial charge >= 0.3 is 5.97 Å². The third-order valence-electron chi connectivity index (χ3n) is 3.81. The van der Waals surface area contributed by atoms with E-state index in [4.69, 9.17) is 0 Å². The van der Waals surface area contributed by atoms with Crippen molar-refractivity contribution < 1.29 is 9.90 Å². The van der Waals surface area contributed by atoms with Crippen LogP contribution in [-0.4, -0.2) is 16.8 Å². The monoisotopic (exact) mass is 294 g/mol. The highest BCUT2D eigenvalue weighted by Crippen LogP contribution is 2.35. The summed E-state index contributed by atoms with van der Waals surface area (Å²) in [5.74, 6) is -0.951. The second-order valence-corrected chi connectivity index (χ2v) is 5.67. The minimum absolute atomic E-state index is 0.0755. The van der Waals surface area contributed by atoms with E-state index in [0.29, 0.717) is 6.42 Å². The number of carboxylic acid groups (broad SMARTS) is 1. The van der Waals surface area contributed by atoms with Crippen LogP contribution in [0.25, 0.3) is 0 Å². The average molecular weight is 294 g/mol. The van der Waals surface area contributed by atoms with E-state index in [9.17, 15) is 9.90 Å². The average Bonchev–Trinajstić information content (AvgIpc) is 2.92. The number of rotatable bonds is 3. The van der Waals surface area contributed by atoms with Crippen LogP contribution in [-0.2, 0) is 4.79 Å². The molecule has 0 amide bonds. The number of hydrogen-bond donors (Lipinski definition) is 1. The smallest absolute Gasteiger partial charge is 0.352 e. The van der Waals surface area contributed by atoms with E-state index in [1.54, 1.807) is 0 Å². The van der Waals surface area contributed by atoms with Crippen LogP contribution in [0, 0.1) is 13.8 Å². The van der Waals surface area contributed by atoms with Gasteiger partial charge in [0, 0.05) is 6.42 Å². The number of hydrazone groups is 1. The fourth-order valence-corrected chi connectivity index (χ4v) is 2.90. The van der Waals surface area contributed by atoms with Crippen LogP contribution < -0.4 is 5.01 Å². The molecule has 0 saturated heterocycles. The molecule has 0 radical (unpaired) electrons. The molecule has 2 aromatic rings. The van der Waals surface area contributed by atoms with Gasteiger partial charge in [-0.15, -0.1) is 0 Å². The maximum Gasteiger partial charge on any atom is 0.352 e. The SMILES string of the molecule is Cc1cc(C)cc(N2N=C(C(=O)O)C[C@@H]2c2ccccc2)c1. The number of aryl methyl sites for hydroxylation is 2. The molecule has 3 rings (SSSR count). The molecule has 1 aliphatic heterocycles. The predicted molar refractivity (Wildman–Crippen MR) is 87.3 cm³/mol. The first-order chi connectivity index (χ1) is 10.5. The largest absolute Gasteiger partial charge is 0.477 e. The molecule has 22 heavy (non-hydrogen) atoms. The van der Waals surface area contributed by atoms with Crippen molar-refractivity contribution in [1.82, 2.24) is 0 Å². The van der Waals surface area contributed by atoms with Crippen LogP contribution in [0.3, 0.4) is 0 Å². The van der Waals surface area contributed by atoms with Crippen molar-refractivity contribution in [3.63, 3.8) is 0 Å². The Kier molecular flexibility index (Phi) is 3.67. The van der Waals surface area contributed by atoms with Gasteiger partial charge in [-0.2, -0.15) is 5.10 Å². The molecule has 112 valence electrons. The number of hydrogen-bond acceptors (Lipinski definition) is 3. The first-order valence-electron chi connectivity index (χ1n) is 7.28. The normalized spacial score (nSPS) is 17.5. The minimum atomic E-state index is -0.951. The van der Waals surface area contributed by atoms with Crippen molar-refractivity contribution in [3.8, 4) is 0 Å². The van der Waals surface area contributed by atoms with E-state index < -0.39 is 5.97 Å². The van der Waals surface area contributed by atoms with Crippen LogP contribution in [0.5, 0.6) is 0 Å². The molecule has 1 atom stereocenters. The molecular weight excluding hydrogens is 276 g/mol. The van der Waals surface area contributed by atoms with Gasteiger partial charge in [0.1, 0.15) is 5.71 Å². The molecule has 0 unspecified atom stereocenters. The highest BCUT2D eigenvalue weighted by atomic mass is 16.4. The fraction of sp³-hybridized carbons (Fsp3) is 0.222. The molecule has 1 N–H and O–H groups in total. The van der Waals surface area contributed by atoms with Crippen molar-refractivity contribution in [3.05, 3.63) is 65.2 Å². The van der Waals surface area contributed by atoms with Gasteiger partial charge in [-0.05, 0) is 42.7 Å². The van der Waals surface area contributed by atoms with Gasteiger partial charge in [-0.3, -0.25) is 5.01 Å². The highest BCUT2D eigenvalue weighted by molar-refractivity contribution is 6.36. The van der Waals surface area contributed by atoms with Crippen LogP contribution >= 0.6 is 0 Å². The highest BCUT2D eigenvalue weighted by Gasteiger charge is 2.32. The fourth-order valence-electron chi connectivity index (χ4n) is 2.90. The Hall–Kier alpha value is -2.62. The summed E-state index contributed by atoms with van der Waals surface area (Å²) in [7, 11) is 0. The number of anilines is 1. The van der Waals surface area contributed by atoms with E-state index >= 15 is 0 Å². The second-order valence-electron chi connectivity index (χ2n) is 5.67. The Morgan fingerprint density at radius 1 is 1.14 bits per heavy atom. The molecule has 4 nitrogen and oxygen atoms in total. The zero-order chi connectivity index (χ0) is 15.7. The molecule has 1 aliphatic rings. The Morgan fingerprint density at radius 3 is 2.36 bits per heavy atom. The molecule has 0 aromatic heterocycles. The third kappa shape index (κ3) is 2.72. The maximum atomic E-state index is 11.3. The Bertz CT molecular complexity index is 718. The van der Waals surface area contributed by atoms with Gasteiger partial charge in [0.2, 0.25) is 0 Å². The summed E-state index contributed by atoms with van der Waals surface area (Å²) in [6.45, 7) is 4.07. The van der Waals surface area contributed by atoms with Crippen LogP contribution in [0.4, 0.5) is 5.69 Å². The molecule has 0 spiro atoms. The van der Waals surface area contributed by atoms with Gasteiger partial charge in [0.15, 0.2) is 0 Å². The molecule has 0 saturated carbocycles. The number of nitrogens with zero attached hydrogens (tertiary/aromatic N) is 2. The molecule has 4 heteroatoms. The molecule has 2 aromatic carbocycles. The van der Waals surface area contributed by atoms with Crippen molar-refractivity contribution in [2.24, 2.45) is 5.10 Å². The minimum Gasteiger partial charge on any atom is -0.477 e. The zero-order valence-corrected chi connectivity index (χ0v) is 12.7. The number of aliphatic carboxylic acids is 1. The van der Waals surface area contributed by atoms with Crippen molar-refractivity contribution in [1.29, 1.82) is 0 Å². The summed E-state index contributed by atoms with van der Waals surface area (Å²) in [6.07, 6.45) is 0.409. The lowest BCUT2D eigenvalue weighted by atomic mass is 10.0. The summed E-state index contributed by atoms with van der Waals surface area (Å²) < 4.78 is 0. The van der Waals surface area contributed by atoms with E-state index in [0.717, 1.165) is 22.4 Å². The number of carboxylic acids is 1. The molecule has 0 fully saturated rings. The Balaban J connectivity index is 2.05. The van der Waals surface area contributed by atoms with Gasteiger partial charge in [0.25, 0.3) is 0 Å². The standard InChI is InChI=1S/C18H18N2O2/c1-12-8-13(2)10-15(9-12)20-17(11-16(19-20)18(21)22)14-6-4-3-5-7-14/h3-10,17H,11H2,1-2H3,(H,21,22)/t17-/m1/s1. The molecule has 0 aliphatic carbocycles. The van der Waals surface area contributed by atoms with Crippen molar-refractivity contribution in [2.45, 2.75) is 26.3 Å². The number of benzene rings is 2. The second kappa shape index (κ2) is 5.64. The quantitative estimate of drug-likeness (QED) is 0.939. The van der Waals surface area contributed by atoms with Crippen molar-refractivity contribution >= 4 is 17.4 Å². The van der Waals surface area contributed by atoms with E-state index in [-0.39, 0.29) is 11.8 Å². The lowest BCUT2D eigenvalue weighted by molar-refractivity contribution is -0.129. The molecular formula is C18H18N2O2. The van der Waals surface area contributed by atoms with Gasteiger partial charge < -0.3 is 5.11 Å². The van der Waals surface area contributed by atoms with Gasteiger partial charge in [-0.1, -0.05) is 36.4 Å². The Labute approximate surface area is 129 Å². The van der Waals surface area contributed by atoms with E-state index in [1.165, 1.54) is 0 Å². The summed E-state index contributed by atoms with van der Waals surface area (Å²) >= 11 is 0. The van der Waals surface area contributed by atoms with E-state index in [1.807, 2.05) is 61.3 Å². The predicted octanol–water partition coefficient (Wildman–Crippen LogP) is 3.70. The van der Waals surface area contributed by atoms with Crippen molar-refractivity contribution in [2.75, 3.05) is 5.01 Å². The topological polar surface area (TPSA) is 52.9 Å². The number of carbonyl (C=O) groups is 1. The molecule has 1 heterocycles. The van der Waals surface area contributed by atoms with E-state index in [2.05, 4.69) is 11.2 Å². The first kappa shape index (κ1) is 14.3. The maximum absolute atomic E-state index is 11.3.